The van der Waals surface area contributed by atoms with Crippen LogP contribution in [0.15, 0.2) is 6.20 Å². The molecular formula is C13H21F3N4. The highest BCUT2D eigenvalue weighted by Gasteiger charge is 2.38. The molecule has 3 N–H and O–H groups in total. The third-order valence-electron chi connectivity index (χ3n) is 3.85. The van der Waals surface area contributed by atoms with Crippen molar-refractivity contribution >= 4 is 11.8 Å². The lowest BCUT2D eigenvalue weighted by atomic mass is 9.81. The van der Waals surface area contributed by atoms with Crippen LogP contribution in [-0.2, 0) is 6.18 Å². The minimum atomic E-state index is -4.51. The SMILES string of the molecule is CCC(CC)(Nc1nc(N)ncc1C(F)(F)F)C(C)C. The fourth-order valence-electron chi connectivity index (χ4n) is 2.32. The fraction of sp³-hybridized carbons (Fsp3) is 0.692. The minimum absolute atomic E-state index is 0.148. The van der Waals surface area contributed by atoms with Gasteiger partial charge in [-0.25, -0.2) is 4.98 Å². The first-order chi connectivity index (χ1) is 9.16. The van der Waals surface area contributed by atoms with Crippen LogP contribution in [0.4, 0.5) is 24.9 Å². The number of nitrogen functional groups attached to an aromatic ring is 1. The second-order valence-electron chi connectivity index (χ2n) is 5.13. The first kappa shape index (κ1) is 16.5. The molecule has 114 valence electrons. The van der Waals surface area contributed by atoms with Crippen molar-refractivity contribution in [2.24, 2.45) is 5.92 Å². The largest absolute Gasteiger partial charge is 0.421 e. The van der Waals surface area contributed by atoms with Gasteiger partial charge in [0.05, 0.1) is 0 Å². The molecule has 0 bridgehead atoms. The van der Waals surface area contributed by atoms with Crippen molar-refractivity contribution < 1.29 is 13.2 Å². The first-order valence-corrected chi connectivity index (χ1v) is 6.64. The van der Waals surface area contributed by atoms with Gasteiger partial charge >= 0.3 is 6.18 Å². The van der Waals surface area contributed by atoms with Crippen LogP contribution in [0.3, 0.4) is 0 Å². The number of hydrogen-bond donors (Lipinski definition) is 2. The van der Waals surface area contributed by atoms with E-state index in [4.69, 9.17) is 5.73 Å². The summed E-state index contributed by atoms with van der Waals surface area (Å²) in [5.74, 6) is -0.275. The Morgan fingerprint density at radius 3 is 2.20 bits per heavy atom. The lowest BCUT2D eigenvalue weighted by molar-refractivity contribution is -0.137. The summed E-state index contributed by atoms with van der Waals surface area (Å²) in [6.07, 6.45) is -2.42. The van der Waals surface area contributed by atoms with E-state index in [9.17, 15) is 13.2 Å². The van der Waals surface area contributed by atoms with Crippen molar-refractivity contribution in [1.29, 1.82) is 0 Å². The number of nitrogens with one attached hydrogen (secondary N) is 1. The summed E-state index contributed by atoms with van der Waals surface area (Å²) in [6.45, 7) is 7.82. The molecule has 1 heterocycles. The van der Waals surface area contributed by atoms with Crippen LogP contribution in [0.5, 0.6) is 0 Å². The zero-order valence-electron chi connectivity index (χ0n) is 12.2. The van der Waals surface area contributed by atoms with E-state index in [1.807, 2.05) is 27.7 Å². The van der Waals surface area contributed by atoms with E-state index < -0.39 is 17.3 Å². The topological polar surface area (TPSA) is 63.8 Å². The number of rotatable bonds is 5. The number of anilines is 2. The molecule has 0 unspecified atom stereocenters. The summed E-state index contributed by atoms with van der Waals surface area (Å²) in [4.78, 5) is 7.18. The van der Waals surface area contributed by atoms with E-state index in [1.54, 1.807) is 0 Å². The average Bonchev–Trinajstić information content (AvgIpc) is 2.34. The van der Waals surface area contributed by atoms with Gasteiger partial charge in [-0.1, -0.05) is 27.7 Å². The van der Waals surface area contributed by atoms with Crippen LogP contribution >= 0.6 is 0 Å². The molecule has 1 aromatic rings. The third kappa shape index (κ3) is 3.32. The van der Waals surface area contributed by atoms with E-state index in [-0.39, 0.29) is 17.7 Å². The summed E-state index contributed by atoms with van der Waals surface area (Å²) in [7, 11) is 0. The molecule has 0 spiro atoms. The second-order valence-corrected chi connectivity index (χ2v) is 5.13. The fourth-order valence-corrected chi connectivity index (χ4v) is 2.32. The molecule has 0 saturated carbocycles. The third-order valence-corrected chi connectivity index (χ3v) is 3.85. The Morgan fingerprint density at radius 2 is 1.80 bits per heavy atom. The van der Waals surface area contributed by atoms with Crippen LogP contribution in [0, 0.1) is 5.92 Å². The van der Waals surface area contributed by atoms with Gasteiger partial charge in [0.2, 0.25) is 5.95 Å². The van der Waals surface area contributed by atoms with E-state index in [1.165, 1.54) is 0 Å². The molecule has 0 aliphatic rings. The summed E-state index contributed by atoms with van der Waals surface area (Å²) >= 11 is 0. The highest BCUT2D eigenvalue weighted by molar-refractivity contribution is 5.49. The van der Waals surface area contributed by atoms with Crippen molar-refractivity contribution in [3.05, 3.63) is 11.8 Å². The van der Waals surface area contributed by atoms with Gasteiger partial charge in [-0.2, -0.15) is 18.2 Å². The standard InChI is InChI=1S/C13H21F3N4/c1-5-12(6-2,8(3)4)20-10-9(13(14,15)16)7-18-11(17)19-10/h7-8H,5-6H2,1-4H3,(H3,17,18,19,20). The summed E-state index contributed by atoms with van der Waals surface area (Å²) in [5.41, 5.74) is 4.07. The molecule has 7 heteroatoms. The van der Waals surface area contributed by atoms with Gasteiger partial charge in [-0.15, -0.1) is 0 Å². The van der Waals surface area contributed by atoms with Crippen molar-refractivity contribution in [3.8, 4) is 0 Å². The molecule has 1 aromatic heterocycles. The molecular weight excluding hydrogens is 269 g/mol. The van der Waals surface area contributed by atoms with Gasteiger partial charge in [-0.3, -0.25) is 0 Å². The smallest absolute Gasteiger partial charge is 0.368 e. The Bertz CT molecular complexity index is 453. The van der Waals surface area contributed by atoms with Gasteiger partial charge in [0.1, 0.15) is 11.4 Å². The van der Waals surface area contributed by atoms with Crippen LogP contribution in [-0.4, -0.2) is 15.5 Å². The van der Waals surface area contributed by atoms with Gasteiger partial charge in [0.15, 0.2) is 0 Å². The molecule has 0 radical (unpaired) electrons. The summed E-state index contributed by atoms with van der Waals surface area (Å²) in [5, 5.41) is 2.96. The van der Waals surface area contributed by atoms with Crippen LogP contribution in [0.1, 0.15) is 46.1 Å². The summed E-state index contributed by atoms with van der Waals surface area (Å²) in [6, 6.07) is 0. The second kappa shape index (κ2) is 5.85. The Hall–Kier alpha value is -1.53. The van der Waals surface area contributed by atoms with E-state index in [0.717, 1.165) is 6.20 Å². The number of hydrogen-bond acceptors (Lipinski definition) is 4. The van der Waals surface area contributed by atoms with Crippen molar-refractivity contribution in [2.45, 2.75) is 52.3 Å². The van der Waals surface area contributed by atoms with Gasteiger partial charge < -0.3 is 11.1 Å². The van der Waals surface area contributed by atoms with Gasteiger partial charge in [0, 0.05) is 11.7 Å². The van der Waals surface area contributed by atoms with E-state index >= 15 is 0 Å². The van der Waals surface area contributed by atoms with E-state index in [0.29, 0.717) is 12.8 Å². The van der Waals surface area contributed by atoms with E-state index in [2.05, 4.69) is 15.3 Å². The Labute approximate surface area is 117 Å². The number of alkyl halides is 3. The lowest BCUT2D eigenvalue weighted by Gasteiger charge is -2.38. The number of halogens is 3. The molecule has 1 rings (SSSR count). The highest BCUT2D eigenvalue weighted by Crippen LogP contribution is 2.37. The molecule has 0 aliphatic carbocycles. The van der Waals surface area contributed by atoms with Gasteiger partial charge in [-0.05, 0) is 18.8 Å². The molecule has 4 nitrogen and oxygen atoms in total. The molecule has 0 fully saturated rings. The molecule has 0 aliphatic heterocycles. The average molecular weight is 290 g/mol. The Balaban J connectivity index is 3.28. The zero-order chi connectivity index (χ0) is 15.6. The van der Waals surface area contributed by atoms with Crippen molar-refractivity contribution in [2.75, 3.05) is 11.1 Å². The van der Waals surface area contributed by atoms with Gasteiger partial charge in [0.25, 0.3) is 0 Å². The predicted molar refractivity (Wildman–Crippen MR) is 73.2 cm³/mol. The van der Waals surface area contributed by atoms with Crippen LogP contribution in [0.25, 0.3) is 0 Å². The Kier molecular flexibility index (Phi) is 4.83. The van der Waals surface area contributed by atoms with Crippen LogP contribution in [0.2, 0.25) is 0 Å². The monoisotopic (exact) mass is 290 g/mol. The maximum atomic E-state index is 13.0. The molecule has 0 saturated heterocycles. The molecule has 0 aromatic carbocycles. The zero-order valence-corrected chi connectivity index (χ0v) is 12.2. The molecule has 20 heavy (non-hydrogen) atoms. The normalized spacial score (nSPS) is 12.8. The summed E-state index contributed by atoms with van der Waals surface area (Å²) < 4.78 is 39.0. The van der Waals surface area contributed by atoms with Crippen molar-refractivity contribution in [3.63, 3.8) is 0 Å². The first-order valence-electron chi connectivity index (χ1n) is 6.64. The lowest BCUT2D eigenvalue weighted by Crippen LogP contribution is -2.43. The van der Waals surface area contributed by atoms with Crippen molar-refractivity contribution in [1.82, 2.24) is 9.97 Å². The number of nitrogens with zero attached hydrogens (tertiary/aromatic N) is 2. The number of aromatic nitrogens is 2. The maximum Gasteiger partial charge on any atom is 0.421 e. The quantitative estimate of drug-likeness (QED) is 0.867. The number of nitrogens with two attached hydrogens (primary N) is 1. The Morgan fingerprint density at radius 1 is 1.25 bits per heavy atom. The molecule has 0 amide bonds. The van der Waals surface area contributed by atoms with Crippen LogP contribution < -0.4 is 11.1 Å². The predicted octanol–water partition coefficient (Wildman–Crippen LogP) is 3.70. The maximum absolute atomic E-state index is 13.0. The highest BCUT2D eigenvalue weighted by atomic mass is 19.4. The minimum Gasteiger partial charge on any atom is -0.368 e. The molecule has 0 atom stereocenters.